The summed E-state index contributed by atoms with van der Waals surface area (Å²) in [6.07, 6.45) is -0.968. The minimum atomic E-state index is -1.58. The smallest absolute Gasteiger partial charge is 0.423 e. The zero-order valence-electron chi connectivity index (χ0n) is 6.48. The second-order valence-corrected chi connectivity index (χ2v) is 2.02. The van der Waals surface area contributed by atoms with Crippen LogP contribution >= 0.6 is 0 Å². The lowest BCUT2D eigenvalue weighted by Crippen LogP contribution is -2.53. The summed E-state index contributed by atoms with van der Waals surface area (Å²) < 4.78 is 0. The van der Waals surface area contributed by atoms with Crippen LogP contribution in [-0.2, 0) is 9.63 Å². The van der Waals surface area contributed by atoms with Crippen molar-refractivity contribution in [3.05, 3.63) is 0 Å². The van der Waals surface area contributed by atoms with Gasteiger partial charge in [0.15, 0.2) is 5.66 Å². The van der Waals surface area contributed by atoms with Crippen LogP contribution in [0, 0.1) is 0 Å². The van der Waals surface area contributed by atoms with E-state index in [1.54, 1.807) is 0 Å². The number of carbonyl (C=O) groups excluding carboxylic acids is 1. The second kappa shape index (κ2) is 5.29. The highest BCUT2D eigenvalue weighted by atomic mass is 16.7. The predicted octanol–water partition coefficient (Wildman–Crippen LogP) is -2.34. The largest absolute Gasteiger partial charge is 0.479 e. The molecule has 0 aromatic carbocycles. The van der Waals surface area contributed by atoms with E-state index >= 15 is 0 Å². The number of nitrogens with two attached hydrogens (primary N) is 4. The van der Waals surface area contributed by atoms with Gasteiger partial charge in [0.05, 0.1) is 0 Å². The van der Waals surface area contributed by atoms with Crippen LogP contribution in [-0.4, -0.2) is 22.8 Å². The van der Waals surface area contributed by atoms with Crippen molar-refractivity contribution < 1.29 is 19.5 Å². The first kappa shape index (κ1) is 13.2. The Morgan fingerprint density at radius 3 is 1.58 bits per heavy atom. The number of hydrogen-bond donors (Lipinski definition) is 5. The molecule has 0 bridgehead atoms. The van der Waals surface area contributed by atoms with E-state index in [-0.39, 0.29) is 0 Å². The third kappa shape index (κ3) is 11.4. The SMILES string of the molecule is CC(N)(N)C(=O)O.NOC(N)=O. The molecular weight excluding hydrogens is 168 g/mol. The van der Waals surface area contributed by atoms with Gasteiger partial charge in [0.1, 0.15) is 0 Å². The summed E-state index contributed by atoms with van der Waals surface area (Å²) in [5.74, 6) is 3.00. The number of carboxylic acids is 1. The predicted molar refractivity (Wildman–Crippen MR) is 39.3 cm³/mol. The van der Waals surface area contributed by atoms with Gasteiger partial charge in [0, 0.05) is 0 Å². The molecule has 0 unspecified atom stereocenters. The number of carbonyl (C=O) groups is 2. The van der Waals surface area contributed by atoms with E-state index in [0.29, 0.717) is 0 Å². The number of primary amides is 1. The minimum Gasteiger partial charge on any atom is -0.479 e. The molecule has 0 saturated carbocycles. The molecule has 8 heteroatoms. The summed E-state index contributed by atoms with van der Waals surface area (Å²) >= 11 is 0. The summed E-state index contributed by atoms with van der Waals surface area (Å²) in [4.78, 5) is 22.4. The molecule has 0 heterocycles. The Labute approximate surface area is 68.4 Å². The van der Waals surface area contributed by atoms with E-state index in [9.17, 15) is 9.59 Å². The standard InChI is InChI=1S/C3H8N2O2.CH4N2O2/c1-3(4,5)2(6)7;2-1(4)5-3/h4-5H2,1H3,(H,6,7);3H2,(H2,2,4). The molecule has 0 atom stereocenters. The van der Waals surface area contributed by atoms with Gasteiger partial charge in [-0.1, -0.05) is 0 Å². The van der Waals surface area contributed by atoms with E-state index in [0.717, 1.165) is 0 Å². The van der Waals surface area contributed by atoms with Crippen molar-refractivity contribution in [2.45, 2.75) is 12.6 Å². The van der Waals surface area contributed by atoms with Crippen molar-refractivity contribution in [1.29, 1.82) is 0 Å². The molecule has 0 aromatic heterocycles. The maximum absolute atomic E-state index is 9.77. The Morgan fingerprint density at radius 2 is 1.58 bits per heavy atom. The molecule has 12 heavy (non-hydrogen) atoms. The van der Waals surface area contributed by atoms with Gasteiger partial charge in [0.2, 0.25) is 0 Å². The Kier molecular flexibility index (Phi) is 5.84. The van der Waals surface area contributed by atoms with E-state index in [2.05, 4.69) is 16.5 Å². The fourth-order valence-electron chi connectivity index (χ4n) is 0. The van der Waals surface area contributed by atoms with E-state index < -0.39 is 17.7 Å². The Balaban J connectivity index is 0. The molecule has 1 amide bonds. The molecule has 0 aromatic rings. The van der Waals surface area contributed by atoms with Crippen LogP contribution < -0.4 is 23.1 Å². The second-order valence-electron chi connectivity index (χ2n) is 2.02. The van der Waals surface area contributed by atoms with Crippen molar-refractivity contribution >= 4 is 12.1 Å². The van der Waals surface area contributed by atoms with E-state index in [1.165, 1.54) is 6.92 Å². The first-order valence-electron chi connectivity index (χ1n) is 2.69. The highest BCUT2D eigenvalue weighted by Gasteiger charge is 2.20. The molecule has 72 valence electrons. The highest BCUT2D eigenvalue weighted by Crippen LogP contribution is 1.83. The van der Waals surface area contributed by atoms with Crippen LogP contribution in [0.5, 0.6) is 0 Å². The van der Waals surface area contributed by atoms with E-state index in [4.69, 9.17) is 16.6 Å². The van der Waals surface area contributed by atoms with Crippen LogP contribution in [0.3, 0.4) is 0 Å². The number of rotatable bonds is 1. The Bertz CT molecular complexity index is 163. The van der Waals surface area contributed by atoms with Gasteiger partial charge in [-0.05, 0) is 6.92 Å². The average molecular weight is 180 g/mol. The minimum absolute atomic E-state index is 0.968. The Hall–Kier alpha value is -1.38. The van der Waals surface area contributed by atoms with Crippen LogP contribution in [0.2, 0.25) is 0 Å². The van der Waals surface area contributed by atoms with Crippen molar-refractivity contribution in [2.75, 3.05) is 0 Å². The molecule has 0 aliphatic rings. The molecule has 0 spiro atoms. The molecule has 0 aliphatic carbocycles. The van der Waals surface area contributed by atoms with E-state index in [1.807, 2.05) is 0 Å². The fraction of sp³-hybridized carbons (Fsp3) is 0.500. The summed E-state index contributed by atoms with van der Waals surface area (Å²) in [6.45, 7) is 1.22. The van der Waals surface area contributed by atoms with Gasteiger partial charge < -0.3 is 27.1 Å². The first-order chi connectivity index (χ1) is 5.21. The molecule has 0 rings (SSSR count). The van der Waals surface area contributed by atoms with Crippen molar-refractivity contribution in [2.24, 2.45) is 23.1 Å². The lowest BCUT2D eigenvalue weighted by Gasteiger charge is -2.09. The highest BCUT2D eigenvalue weighted by molar-refractivity contribution is 5.76. The van der Waals surface area contributed by atoms with Crippen LogP contribution in [0.4, 0.5) is 4.79 Å². The number of hydrogen-bond acceptors (Lipinski definition) is 6. The molecule has 0 saturated heterocycles. The molecule has 0 radical (unpaired) electrons. The van der Waals surface area contributed by atoms with Crippen molar-refractivity contribution in [3.8, 4) is 0 Å². The van der Waals surface area contributed by atoms with Crippen LogP contribution in [0.1, 0.15) is 6.92 Å². The number of aliphatic carboxylic acids is 1. The van der Waals surface area contributed by atoms with Gasteiger partial charge in [-0.2, -0.15) is 5.90 Å². The summed E-state index contributed by atoms with van der Waals surface area (Å²) in [5, 5.41) is 8.00. The van der Waals surface area contributed by atoms with Crippen molar-refractivity contribution in [3.63, 3.8) is 0 Å². The summed E-state index contributed by atoms with van der Waals surface area (Å²) in [5.41, 5.74) is 12.4. The molecule has 8 nitrogen and oxygen atoms in total. The third-order valence-corrected chi connectivity index (χ3v) is 0.577. The topological polar surface area (TPSA) is 168 Å². The normalized spacial score (nSPS) is 9.33. The monoisotopic (exact) mass is 180 g/mol. The first-order valence-corrected chi connectivity index (χ1v) is 2.69. The lowest BCUT2D eigenvalue weighted by molar-refractivity contribution is -0.142. The maximum Gasteiger partial charge on any atom is 0.423 e. The van der Waals surface area contributed by atoms with Crippen LogP contribution in [0.15, 0.2) is 0 Å². The summed E-state index contributed by atoms with van der Waals surface area (Å²) in [6, 6.07) is 0. The zero-order valence-corrected chi connectivity index (χ0v) is 6.48. The quantitative estimate of drug-likeness (QED) is 0.222. The number of carboxylic acid groups (broad SMARTS) is 1. The summed E-state index contributed by atoms with van der Waals surface area (Å²) in [7, 11) is 0. The van der Waals surface area contributed by atoms with Gasteiger partial charge >= 0.3 is 12.1 Å². The van der Waals surface area contributed by atoms with Gasteiger partial charge in [-0.15, -0.1) is 0 Å². The van der Waals surface area contributed by atoms with Gasteiger partial charge in [-0.3, -0.25) is 0 Å². The third-order valence-electron chi connectivity index (χ3n) is 0.577. The zero-order chi connectivity index (χ0) is 10.4. The number of amides is 1. The lowest BCUT2D eigenvalue weighted by atomic mass is 10.2. The maximum atomic E-state index is 9.77. The fourth-order valence-corrected chi connectivity index (χ4v) is 0. The molecule has 0 fully saturated rings. The van der Waals surface area contributed by atoms with Gasteiger partial charge in [0.25, 0.3) is 0 Å². The van der Waals surface area contributed by atoms with Crippen LogP contribution in [0.25, 0.3) is 0 Å². The van der Waals surface area contributed by atoms with Gasteiger partial charge in [-0.25, -0.2) is 9.59 Å². The Morgan fingerprint density at radius 1 is 1.42 bits per heavy atom. The molecule has 9 N–H and O–H groups in total. The average Bonchev–Trinajstić information content (AvgIpc) is 1.87. The molecule has 0 aliphatic heterocycles. The van der Waals surface area contributed by atoms with Crippen molar-refractivity contribution in [1.82, 2.24) is 0 Å². The molecular formula is C4H12N4O4.